The Morgan fingerprint density at radius 2 is 1.30 bits per heavy atom. The largest absolute Gasteiger partial charge is 0.435 e. The summed E-state index contributed by atoms with van der Waals surface area (Å²) in [5, 5.41) is 1.79. The summed E-state index contributed by atoms with van der Waals surface area (Å²) < 4.78 is 134. The second kappa shape index (κ2) is 10.7. The molecule has 0 aliphatic carbocycles. The third kappa shape index (κ3) is 5.93. The highest BCUT2D eigenvalue weighted by Crippen LogP contribution is 2.55. The number of alkyl halides is 10. The van der Waals surface area contributed by atoms with Crippen molar-refractivity contribution in [3.05, 3.63) is 93.5 Å². The van der Waals surface area contributed by atoms with Crippen molar-refractivity contribution in [2.24, 2.45) is 0 Å². The fourth-order valence-corrected chi connectivity index (χ4v) is 4.14. The minimum atomic E-state index is -6.66. The van der Waals surface area contributed by atoms with Crippen molar-refractivity contribution in [2.75, 3.05) is 17.3 Å². The van der Waals surface area contributed by atoms with Gasteiger partial charge in [0.05, 0.1) is 11.3 Å². The van der Waals surface area contributed by atoms with E-state index in [9.17, 15) is 53.5 Å². The summed E-state index contributed by atoms with van der Waals surface area (Å²) in [7, 11) is 1.36. The van der Waals surface area contributed by atoms with E-state index in [4.69, 9.17) is 0 Å². The van der Waals surface area contributed by atoms with Crippen LogP contribution >= 0.6 is 15.9 Å². The number of carbonyl (C=O) groups is 2. The van der Waals surface area contributed by atoms with Crippen LogP contribution in [0.3, 0.4) is 0 Å². The van der Waals surface area contributed by atoms with E-state index in [1.54, 1.807) is 23.5 Å². The molecule has 214 valence electrons. The van der Waals surface area contributed by atoms with E-state index < -0.39 is 63.4 Å². The highest BCUT2D eigenvalue weighted by atomic mass is 79.9. The Morgan fingerprint density at radius 3 is 1.82 bits per heavy atom. The number of rotatable bonds is 5. The number of hydrogen-bond acceptors (Lipinski definition) is 2. The lowest BCUT2D eigenvalue weighted by Gasteiger charge is -2.31. The number of carbonyl (C=O) groups excluding carboxylic acids is 2. The van der Waals surface area contributed by atoms with Gasteiger partial charge in [0, 0.05) is 33.9 Å². The topological polar surface area (TPSA) is 49.4 Å². The van der Waals surface area contributed by atoms with Crippen LogP contribution in [0.1, 0.15) is 31.8 Å². The zero-order chi connectivity index (χ0) is 30.3. The summed E-state index contributed by atoms with van der Waals surface area (Å²) in [5.41, 5.74) is -11.9. The number of benzene rings is 3. The Kier molecular flexibility index (Phi) is 8.31. The number of hydrogen-bond donors (Lipinski definition) is 1. The van der Waals surface area contributed by atoms with Crippen LogP contribution in [0, 0.1) is 0 Å². The van der Waals surface area contributed by atoms with E-state index in [1.807, 2.05) is 0 Å². The molecule has 0 saturated carbocycles. The number of anilines is 2. The lowest BCUT2D eigenvalue weighted by molar-refractivity contribution is -0.348. The van der Waals surface area contributed by atoms with Crippen LogP contribution in [0.2, 0.25) is 0 Å². The van der Waals surface area contributed by atoms with E-state index in [-0.39, 0.29) is 22.9 Å². The summed E-state index contributed by atoms with van der Waals surface area (Å²) in [6, 6.07) is 12.0. The van der Waals surface area contributed by atoms with Crippen molar-refractivity contribution in [3.8, 4) is 0 Å². The van der Waals surface area contributed by atoms with Gasteiger partial charge in [0.1, 0.15) is 0 Å². The number of nitrogens with one attached hydrogen (secondary N) is 1. The first-order chi connectivity index (χ1) is 18.3. The van der Waals surface area contributed by atoms with Gasteiger partial charge in [-0.15, -0.1) is 0 Å². The van der Waals surface area contributed by atoms with Crippen LogP contribution in [0.4, 0.5) is 55.3 Å². The summed E-state index contributed by atoms with van der Waals surface area (Å²) in [4.78, 5) is 26.6. The number of amides is 2. The number of nitrogens with zero attached hydrogens (tertiary/aromatic N) is 1. The molecular formula is C25H15BrF10N2O2. The van der Waals surface area contributed by atoms with Crippen molar-refractivity contribution in [1.82, 2.24) is 0 Å². The van der Waals surface area contributed by atoms with Gasteiger partial charge < -0.3 is 10.2 Å². The molecule has 0 fully saturated rings. The Bertz CT molecular complexity index is 1410. The predicted molar refractivity (Wildman–Crippen MR) is 128 cm³/mol. The molecule has 0 radical (unpaired) electrons. The second-order valence-corrected chi connectivity index (χ2v) is 9.12. The fourth-order valence-electron chi connectivity index (χ4n) is 3.58. The second-order valence-electron chi connectivity index (χ2n) is 8.27. The predicted octanol–water partition coefficient (Wildman–Crippen LogP) is 8.29. The zero-order valence-electron chi connectivity index (χ0n) is 19.8. The molecule has 0 spiro atoms. The van der Waals surface area contributed by atoms with Gasteiger partial charge >= 0.3 is 24.2 Å². The van der Waals surface area contributed by atoms with Gasteiger partial charge in [0.25, 0.3) is 11.8 Å². The van der Waals surface area contributed by atoms with E-state index in [0.717, 1.165) is 17.0 Å². The van der Waals surface area contributed by atoms with Gasteiger partial charge in [-0.3, -0.25) is 9.59 Å². The summed E-state index contributed by atoms with van der Waals surface area (Å²) in [6.07, 6.45) is -19.0. The van der Waals surface area contributed by atoms with E-state index in [1.165, 1.54) is 31.3 Å². The van der Waals surface area contributed by atoms with Crippen LogP contribution < -0.4 is 10.2 Å². The molecule has 0 aliphatic heterocycles. The van der Waals surface area contributed by atoms with Gasteiger partial charge in [-0.2, -0.15) is 39.5 Å². The van der Waals surface area contributed by atoms with Gasteiger partial charge in [-0.25, -0.2) is 4.39 Å². The Balaban J connectivity index is 2.03. The maximum absolute atomic E-state index is 14.5. The first-order valence-corrected chi connectivity index (χ1v) is 11.6. The Hall–Kier alpha value is -3.62. The van der Waals surface area contributed by atoms with Crippen molar-refractivity contribution in [1.29, 1.82) is 0 Å². The van der Waals surface area contributed by atoms with Crippen LogP contribution in [-0.2, 0) is 11.8 Å². The third-order valence-electron chi connectivity index (χ3n) is 5.63. The van der Waals surface area contributed by atoms with Crippen LogP contribution in [0.5, 0.6) is 0 Å². The molecule has 0 aliphatic rings. The van der Waals surface area contributed by atoms with Gasteiger partial charge in [-0.1, -0.05) is 24.3 Å². The molecule has 0 unspecified atom stereocenters. The standard InChI is InChI=1S/C25H15BrF10N2O2/c1-38(21(40)13-6-3-2-4-7-13)16-9-5-8-14(10-16)20(39)37-19-17(23(28,29)30)11-15(12-18(19)26)22(27,24(31,32)33)25(34,35)36/h2-12H,1H3,(H,37,39). The minimum absolute atomic E-state index is 0.129. The van der Waals surface area contributed by atoms with Crippen LogP contribution in [0.15, 0.2) is 71.2 Å². The molecule has 0 heterocycles. The summed E-state index contributed by atoms with van der Waals surface area (Å²) in [5.74, 6) is -1.76. The Labute approximate surface area is 227 Å². The van der Waals surface area contributed by atoms with E-state index in [2.05, 4.69) is 15.9 Å². The third-order valence-corrected chi connectivity index (χ3v) is 6.26. The van der Waals surface area contributed by atoms with Crippen LogP contribution in [0.25, 0.3) is 0 Å². The number of halogens is 11. The minimum Gasteiger partial charge on any atom is -0.320 e. The molecule has 0 atom stereocenters. The molecule has 3 rings (SSSR count). The molecule has 3 aromatic carbocycles. The lowest BCUT2D eigenvalue weighted by atomic mass is 9.92. The van der Waals surface area contributed by atoms with Gasteiger partial charge in [0.15, 0.2) is 0 Å². The molecule has 3 aromatic rings. The SMILES string of the molecule is CN(C(=O)c1ccccc1)c1cccc(C(=O)Nc2c(Br)cc(C(F)(C(F)(F)F)C(F)(F)F)cc2C(F)(F)F)c1. The summed E-state index contributed by atoms with van der Waals surface area (Å²) >= 11 is 2.43. The highest BCUT2D eigenvalue weighted by molar-refractivity contribution is 9.10. The summed E-state index contributed by atoms with van der Waals surface area (Å²) in [6.45, 7) is 0. The van der Waals surface area contributed by atoms with Gasteiger partial charge in [0.2, 0.25) is 0 Å². The molecule has 2 amide bonds. The Morgan fingerprint density at radius 1 is 0.750 bits per heavy atom. The molecule has 0 bridgehead atoms. The van der Waals surface area contributed by atoms with Crippen molar-refractivity contribution in [3.63, 3.8) is 0 Å². The molecule has 1 N–H and O–H groups in total. The molecular weight excluding hydrogens is 630 g/mol. The van der Waals surface area contributed by atoms with Gasteiger partial charge in [-0.05, 0) is 58.4 Å². The maximum atomic E-state index is 14.5. The smallest absolute Gasteiger partial charge is 0.320 e. The fraction of sp³-hybridized carbons (Fsp3) is 0.200. The average molecular weight is 645 g/mol. The quantitative estimate of drug-likeness (QED) is 0.284. The lowest BCUT2D eigenvalue weighted by Crippen LogP contribution is -2.50. The molecule has 40 heavy (non-hydrogen) atoms. The van der Waals surface area contributed by atoms with E-state index in [0.29, 0.717) is 0 Å². The molecule has 15 heteroatoms. The molecule has 0 aromatic heterocycles. The normalized spacial score (nSPS) is 12.7. The first-order valence-electron chi connectivity index (χ1n) is 10.8. The average Bonchev–Trinajstić information content (AvgIpc) is 2.86. The van der Waals surface area contributed by atoms with Crippen molar-refractivity contribution < 1.29 is 53.5 Å². The molecule has 4 nitrogen and oxygen atoms in total. The van der Waals surface area contributed by atoms with E-state index >= 15 is 0 Å². The zero-order valence-corrected chi connectivity index (χ0v) is 21.4. The highest BCUT2D eigenvalue weighted by Gasteiger charge is 2.73. The molecule has 0 saturated heterocycles. The monoisotopic (exact) mass is 644 g/mol. The maximum Gasteiger partial charge on any atom is 0.435 e. The van der Waals surface area contributed by atoms with Crippen LogP contribution in [-0.4, -0.2) is 31.2 Å². The van der Waals surface area contributed by atoms with Crippen molar-refractivity contribution >= 4 is 39.1 Å². The first kappa shape index (κ1) is 30.9. The van der Waals surface area contributed by atoms with Crippen molar-refractivity contribution in [2.45, 2.75) is 24.2 Å².